The standard InChI is InChI=1S/C16H13FN6OS/c1-2-10-12(8-3-5-9(17)6-4-8)15-21-20-13(14(18)23(15)22-10)16-19-11(24)7-25-16/h3-7,24H,2,18H2,1H3. The van der Waals surface area contributed by atoms with Gasteiger partial charge in [0.05, 0.1) is 16.6 Å². The minimum Gasteiger partial charge on any atom is -0.493 e. The minimum atomic E-state index is -0.310. The molecule has 0 saturated carbocycles. The molecule has 3 N–H and O–H groups in total. The largest absolute Gasteiger partial charge is 0.493 e. The number of benzene rings is 1. The average molecular weight is 356 g/mol. The third-order valence-electron chi connectivity index (χ3n) is 3.81. The van der Waals surface area contributed by atoms with E-state index >= 15 is 0 Å². The van der Waals surface area contributed by atoms with Gasteiger partial charge in [-0.05, 0) is 24.1 Å². The first-order valence-electron chi connectivity index (χ1n) is 7.53. The lowest BCUT2D eigenvalue weighted by Gasteiger charge is -2.04. The zero-order valence-corrected chi connectivity index (χ0v) is 14.0. The summed E-state index contributed by atoms with van der Waals surface area (Å²) in [6.07, 6.45) is 0.656. The lowest BCUT2D eigenvalue weighted by molar-refractivity contribution is 0.458. The van der Waals surface area contributed by atoms with Gasteiger partial charge in [0.15, 0.2) is 22.2 Å². The summed E-state index contributed by atoms with van der Waals surface area (Å²) in [4.78, 5) is 3.97. The third-order valence-corrected chi connectivity index (χ3v) is 4.65. The van der Waals surface area contributed by atoms with Crippen molar-refractivity contribution >= 4 is 22.8 Å². The van der Waals surface area contributed by atoms with E-state index in [9.17, 15) is 9.50 Å². The van der Waals surface area contributed by atoms with Crippen LogP contribution in [0, 0.1) is 5.82 Å². The van der Waals surface area contributed by atoms with Gasteiger partial charge < -0.3 is 10.8 Å². The second-order valence-electron chi connectivity index (χ2n) is 5.36. The highest BCUT2D eigenvalue weighted by molar-refractivity contribution is 7.13. The normalized spacial score (nSPS) is 11.3. The first kappa shape index (κ1) is 15.5. The van der Waals surface area contributed by atoms with Crippen molar-refractivity contribution in [3.63, 3.8) is 0 Å². The Morgan fingerprint density at radius 2 is 2.00 bits per heavy atom. The second-order valence-corrected chi connectivity index (χ2v) is 6.22. The Balaban J connectivity index is 1.96. The number of hydrogen-bond donors (Lipinski definition) is 2. The number of nitrogens with zero attached hydrogens (tertiary/aromatic N) is 5. The number of aromatic hydroxyl groups is 1. The van der Waals surface area contributed by atoms with Crippen LogP contribution in [-0.4, -0.2) is 29.9 Å². The highest BCUT2D eigenvalue weighted by atomic mass is 32.1. The van der Waals surface area contributed by atoms with E-state index in [4.69, 9.17) is 5.73 Å². The van der Waals surface area contributed by atoms with Crippen LogP contribution in [0.1, 0.15) is 12.6 Å². The molecule has 7 nitrogen and oxygen atoms in total. The van der Waals surface area contributed by atoms with Gasteiger partial charge in [-0.3, -0.25) is 0 Å². The van der Waals surface area contributed by atoms with E-state index in [1.54, 1.807) is 12.1 Å². The molecule has 4 rings (SSSR count). The number of aryl methyl sites for hydroxylation is 1. The Morgan fingerprint density at radius 3 is 2.64 bits per heavy atom. The molecule has 3 aromatic heterocycles. The number of thiazole rings is 1. The van der Waals surface area contributed by atoms with Crippen LogP contribution in [-0.2, 0) is 6.42 Å². The van der Waals surface area contributed by atoms with Gasteiger partial charge in [-0.1, -0.05) is 19.1 Å². The predicted octanol–water partition coefficient (Wildman–Crippen LogP) is 2.90. The van der Waals surface area contributed by atoms with Gasteiger partial charge in [0, 0.05) is 0 Å². The van der Waals surface area contributed by atoms with Crippen LogP contribution in [0.4, 0.5) is 10.2 Å². The summed E-state index contributed by atoms with van der Waals surface area (Å²) in [5, 5.41) is 24.3. The number of aromatic nitrogens is 5. The highest BCUT2D eigenvalue weighted by Crippen LogP contribution is 2.33. The summed E-state index contributed by atoms with van der Waals surface area (Å²) >= 11 is 1.21. The zero-order chi connectivity index (χ0) is 17.6. The molecule has 0 atom stereocenters. The molecular formula is C16H13FN6OS. The maximum atomic E-state index is 13.2. The lowest BCUT2D eigenvalue weighted by Crippen LogP contribution is -2.05. The van der Waals surface area contributed by atoms with Crippen molar-refractivity contribution in [2.75, 3.05) is 5.73 Å². The maximum Gasteiger partial charge on any atom is 0.222 e. The molecule has 0 saturated heterocycles. The third kappa shape index (κ3) is 2.49. The van der Waals surface area contributed by atoms with E-state index in [0.717, 1.165) is 16.8 Å². The van der Waals surface area contributed by atoms with E-state index in [1.807, 2.05) is 6.92 Å². The van der Waals surface area contributed by atoms with E-state index in [0.29, 0.717) is 22.8 Å². The molecule has 0 amide bonds. The Bertz CT molecular complexity index is 1070. The number of anilines is 1. The lowest BCUT2D eigenvalue weighted by atomic mass is 10.0. The fourth-order valence-corrected chi connectivity index (χ4v) is 3.32. The Hall–Kier alpha value is -3.07. The van der Waals surface area contributed by atoms with Crippen LogP contribution < -0.4 is 5.73 Å². The fourth-order valence-electron chi connectivity index (χ4n) is 2.65. The number of nitrogens with two attached hydrogens (primary N) is 1. The molecular weight excluding hydrogens is 343 g/mol. The molecule has 126 valence electrons. The molecule has 0 unspecified atom stereocenters. The van der Waals surface area contributed by atoms with Crippen LogP contribution in [0.15, 0.2) is 29.6 Å². The topological polar surface area (TPSA) is 102 Å². The number of nitrogen functional groups attached to an aromatic ring is 1. The fraction of sp³-hybridized carbons (Fsp3) is 0.125. The maximum absolute atomic E-state index is 13.2. The van der Waals surface area contributed by atoms with Gasteiger partial charge in [-0.25, -0.2) is 4.39 Å². The molecule has 0 radical (unpaired) electrons. The first-order chi connectivity index (χ1) is 12.1. The molecule has 9 heteroatoms. The van der Waals surface area contributed by atoms with Crippen LogP contribution in [0.2, 0.25) is 0 Å². The number of fused-ring (bicyclic) bond motifs is 1. The van der Waals surface area contributed by atoms with Gasteiger partial charge >= 0.3 is 0 Å². The summed E-state index contributed by atoms with van der Waals surface area (Å²) in [7, 11) is 0. The van der Waals surface area contributed by atoms with E-state index in [-0.39, 0.29) is 17.5 Å². The van der Waals surface area contributed by atoms with Crippen LogP contribution in [0.25, 0.3) is 27.5 Å². The van der Waals surface area contributed by atoms with Crippen molar-refractivity contribution in [3.05, 3.63) is 41.2 Å². The molecule has 0 bridgehead atoms. The SMILES string of the molecule is CCc1nn2c(N)c(-c3nc(O)cs3)nnc2c1-c1ccc(F)cc1. The number of halogens is 1. The van der Waals surface area contributed by atoms with Crippen molar-refractivity contribution in [2.24, 2.45) is 0 Å². The van der Waals surface area contributed by atoms with Gasteiger partial charge in [0.25, 0.3) is 0 Å². The molecule has 0 aliphatic rings. The van der Waals surface area contributed by atoms with Crippen molar-refractivity contribution in [1.29, 1.82) is 0 Å². The van der Waals surface area contributed by atoms with Gasteiger partial charge in [0.1, 0.15) is 5.82 Å². The highest BCUT2D eigenvalue weighted by Gasteiger charge is 2.20. The molecule has 3 heterocycles. The second kappa shape index (κ2) is 5.78. The summed E-state index contributed by atoms with van der Waals surface area (Å²) in [5.41, 5.74) is 9.42. The zero-order valence-electron chi connectivity index (χ0n) is 13.1. The smallest absolute Gasteiger partial charge is 0.222 e. The van der Waals surface area contributed by atoms with Crippen LogP contribution >= 0.6 is 11.3 Å². The van der Waals surface area contributed by atoms with Crippen LogP contribution in [0.5, 0.6) is 5.88 Å². The van der Waals surface area contributed by atoms with Crippen molar-refractivity contribution in [1.82, 2.24) is 24.8 Å². The molecule has 25 heavy (non-hydrogen) atoms. The van der Waals surface area contributed by atoms with E-state index in [1.165, 1.54) is 33.4 Å². The van der Waals surface area contributed by atoms with Gasteiger partial charge in [-0.2, -0.15) is 14.6 Å². The predicted molar refractivity (Wildman–Crippen MR) is 92.7 cm³/mol. The first-order valence-corrected chi connectivity index (χ1v) is 8.41. The van der Waals surface area contributed by atoms with Crippen LogP contribution in [0.3, 0.4) is 0 Å². The van der Waals surface area contributed by atoms with E-state index in [2.05, 4.69) is 20.3 Å². The molecule has 0 fully saturated rings. The van der Waals surface area contributed by atoms with E-state index < -0.39 is 0 Å². The van der Waals surface area contributed by atoms with Crippen molar-refractivity contribution in [3.8, 4) is 27.7 Å². The quantitative estimate of drug-likeness (QED) is 0.585. The Labute approximate surface area is 145 Å². The number of rotatable bonds is 3. The number of hydrogen-bond acceptors (Lipinski definition) is 7. The molecule has 0 aliphatic heterocycles. The molecule has 1 aromatic carbocycles. The Morgan fingerprint density at radius 1 is 1.24 bits per heavy atom. The average Bonchev–Trinajstić information content (AvgIpc) is 3.20. The van der Waals surface area contributed by atoms with Crippen molar-refractivity contribution in [2.45, 2.75) is 13.3 Å². The Kier molecular flexibility index (Phi) is 3.57. The minimum absolute atomic E-state index is 0.0944. The van der Waals surface area contributed by atoms with Gasteiger partial charge in [0.2, 0.25) is 5.88 Å². The van der Waals surface area contributed by atoms with Crippen molar-refractivity contribution < 1.29 is 9.50 Å². The summed E-state index contributed by atoms with van der Waals surface area (Å²) in [6.45, 7) is 1.97. The molecule has 0 aliphatic carbocycles. The summed E-state index contributed by atoms with van der Waals surface area (Å²) < 4.78 is 14.7. The molecule has 4 aromatic rings. The monoisotopic (exact) mass is 356 g/mol. The van der Waals surface area contributed by atoms with Gasteiger partial charge in [-0.15, -0.1) is 21.5 Å². The summed E-state index contributed by atoms with van der Waals surface area (Å²) in [6, 6.07) is 6.13. The molecule has 0 spiro atoms. The summed E-state index contributed by atoms with van der Waals surface area (Å²) in [5.74, 6) is -0.125.